The molecule has 0 spiro atoms. The minimum absolute atomic E-state index is 0.0473. The first-order valence-corrected chi connectivity index (χ1v) is 4.87. The van der Waals surface area contributed by atoms with Gasteiger partial charge in [0.1, 0.15) is 0 Å². The van der Waals surface area contributed by atoms with Crippen LogP contribution in [0.4, 0.5) is 0 Å². The highest BCUT2D eigenvalue weighted by Crippen LogP contribution is 2.15. The van der Waals surface area contributed by atoms with Crippen LogP contribution in [0.5, 0.6) is 0 Å². The van der Waals surface area contributed by atoms with Crippen molar-refractivity contribution in [2.24, 2.45) is 0 Å². The molecule has 1 aromatic rings. The Morgan fingerprint density at radius 3 is 3.08 bits per heavy atom. The molecule has 0 aromatic carbocycles. The highest BCUT2D eigenvalue weighted by atomic mass is 32.2. The Morgan fingerprint density at radius 2 is 2.46 bits per heavy atom. The third-order valence-electron chi connectivity index (χ3n) is 1.26. The normalized spacial score (nSPS) is 10.3. The number of nitrogens with zero attached hydrogens (tertiary/aromatic N) is 4. The van der Waals surface area contributed by atoms with Crippen LogP contribution in [0.15, 0.2) is 17.3 Å². The summed E-state index contributed by atoms with van der Waals surface area (Å²) >= 11 is 1.52. The van der Waals surface area contributed by atoms with Crippen LogP contribution in [0.1, 0.15) is 6.92 Å². The zero-order valence-corrected chi connectivity index (χ0v) is 8.29. The second kappa shape index (κ2) is 4.98. The molecule has 0 saturated heterocycles. The molecule has 6 heteroatoms. The van der Waals surface area contributed by atoms with Crippen molar-refractivity contribution < 1.29 is 5.11 Å². The number of aliphatic hydroxyl groups is 1. The van der Waals surface area contributed by atoms with Crippen molar-refractivity contribution in [3.05, 3.63) is 12.2 Å². The Kier molecular flexibility index (Phi) is 3.91. The summed E-state index contributed by atoms with van der Waals surface area (Å²) in [4.78, 5) is 0. The number of tetrazole rings is 1. The summed E-state index contributed by atoms with van der Waals surface area (Å²) in [6.07, 6.45) is 0. The predicted octanol–water partition coefficient (Wildman–Crippen LogP) is 0.334. The van der Waals surface area contributed by atoms with Gasteiger partial charge in [0.05, 0.1) is 13.2 Å². The van der Waals surface area contributed by atoms with E-state index in [0.29, 0.717) is 6.54 Å². The zero-order chi connectivity index (χ0) is 9.68. The van der Waals surface area contributed by atoms with E-state index in [1.165, 1.54) is 11.8 Å². The number of aliphatic hydroxyl groups excluding tert-OH is 1. The lowest BCUT2D eigenvalue weighted by molar-refractivity contribution is 0.262. The molecular weight excluding hydrogens is 188 g/mol. The molecule has 1 N–H and O–H groups in total. The van der Waals surface area contributed by atoms with Gasteiger partial charge in [-0.15, -0.1) is 5.10 Å². The average Bonchev–Trinajstić information content (AvgIpc) is 2.49. The number of rotatable bonds is 5. The maximum Gasteiger partial charge on any atom is 0.209 e. The molecule has 1 heterocycles. The lowest BCUT2D eigenvalue weighted by atomic mass is 10.4. The van der Waals surface area contributed by atoms with Crippen LogP contribution < -0.4 is 0 Å². The molecule has 0 aliphatic rings. The molecule has 0 unspecified atom stereocenters. The summed E-state index contributed by atoms with van der Waals surface area (Å²) in [5, 5.41) is 20.5. The van der Waals surface area contributed by atoms with Gasteiger partial charge in [-0.05, 0) is 17.4 Å². The van der Waals surface area contributed by atoms with E-state index in [-0.39, 0.29) is 6.61 Å². The smallest absolute Gasteiger partial charge is 0.209 e. The van der Waals surface area contributed by atoms with Crippen LogP contribution in [0.2, 0.25) is 0 Å². The molecule has 1 aromatic heterocycles. The highest BCUT2D eigenvalue weighted by Gasteiger charge is 2.04. The second-order valence-electron chi connectivity index (χ2n) is 2.65. The molecule has 0 saturated carbocycles. The molecule has 0 radical (unpaired) electrons. The molecule has 1 rings (SSSR count). The van der Waals surface area contributed by atoms with Gasteiger partial charge in [0.25, 0.3) is 0 Å². The van der Waals surface area contributed by atoms with Crippen molar-refractivity contribution in [1.29, 1.82) is 0 Å². The summed E-state index contributed by atoms with van der Waals surface area (Å²) in [7, 11) is 0. The van der Waals surface area contributed by atoms with Crippen LogP contribution in [-0.4, -0.2) is 37.7 Å². The molecule has 0 aliphatic heterocycles. The molecule has 5 nitrogen and oxygen atoms in total. The van der Waals surface area contributed by atoms with Crippen LogP contribution in [0.25, 0.3) is 0 Å². The van der Waals surface area contributed by atoms with E-state index in [1.807, 2.05) is 6.92 Å². The maximum atomic E-state index is 8.70. The fourth-order valence-electron chi connectivity index (χ4n) is 0.723. The molecule has 0 fully saturated rings. The molecule has 72 valence electrons. The van der Waals surface area contributed by atoms with Gasteiger partial charge >= 0.3 is 0 Å². The Bertz CT molecular complexity index is 286. The van der Waals surface area contributed by atoms with Crippen molar-refractivity contribution in [2.75, 3.05) is 12.4 Å². The number of hydrogen-bond donors (Lipinski definition) is 1. The topological polar surface area (TPSA) is 63.8 Å². The van der Waals surface area contributed by atoms with Crippen molar-refractivity contribution in [3.63, 3.8) is 0 Å². The van der Waals surface area contributed by atoms with Crippen molar-refractivity contribution >= 4 is 11.8 Å². The Labute approximate surface area is 80.8 Å². The second-order valence-corrected chi connectivity index (χ2v) is 3.60. The summed E-state index contributed by atoms with van der Waals surface area (Å²) in [6, 6.07) is 0. The third-order valence-corrected chi connectivity index (χ3v) is 2.45. The molecule has 0 amide bonds. The number of hydrogen-bond acceptors (Lipinski definition) is 5. The molecule has 13 heavy (non-hydrogen) atoms. The van der Waals surface area contributed by atoms with Gasteiger partial charge in [-0.1, -0.05) is 23.9 Å². The minimum Gasteiger partial charge on any atom is -0.394 e. The summed E-state index contributed by atoms with van der Waals surface area (Å²) in [6.45, 7) is 6.22. The van der Waals surface area contributed by atoms with Crippen molar-refractivity contribution in [2.45, 2.75) is 18.6 Å². The van der Waals surface area contributed by atoms with Crippen LogP contribution in [-0.2, 0) is 6.54 Å². The highest BCUT2D eigenvalue weighted by molar-refractivity contribution is 7.99. The van der Waals surface area contributed by atoms with E-state index in [1.54, 1.807) is 4.68 Å². The van der Waals surface area contributed by atoms with Gasteiger partial charge in [0.2, 0.25) is 5.16 Å². The average molecular weight is 200 g/mol. The van der Waals surface area contributed by atoms with Gasteiger partial charge < -0.3 is 5.11 Å². The lowest BCUT2D eigenvalue weighted by Crippen LogP contribution is -2.05. The van der Waals surface area contributed by atoms with E-state index in [4.69, 9.17) is 5.11 Å². The fraction of sp³-hybridized carbons (Fsp3) is 0.571. The van der Waals surface area contributed by atoms with Crippen LogP contribution in [0, 0.1) is 0 Å². The first-order chi connectivity index (χ1) is 6.24. The quantitative estimate of drug-likeness (QED) is 0.548. The summed E-state index contributed by atoms with van der Waals surface area (Å²) in [5.41, 5.74) is 1.07. The number of thioether (sulfide) groups is 1. The van der Waals surface area contributed by atoms with Gasteiger partial charge in [-0.2, -0.15) is 0 Å². The lowest BCUT2D eigenvalue weighted by Gasteiger charge is -2.00. The first kappa shape index (κ1) is 10.2. The Hall–Kier alpha value is -0.880. The predicted molar refractivity (Wildman–Crippen MR) is 50.4 cm³/mol. The molecule has 0 atom stereocenters. The van der Waals surface area contributed by atoms with E-state index in [0.717, 1.165) is 16.5 Å². The van der Waals surface area contributed by atoms with Gasteiger partial charge in [-0.3, -0.25) is 0 Å². The molecule has 0 aliphatic carbocycles. The minimum atomic E-state index is 0.0473. The van der Waals surface area contributed by atoms with E-state index in [9.17, 15) is 0 Å². The fourth-order valence-corrected chi connectivity index (χ4v) is 1.47. The van der Waals surface area contributed by atoms with Crippen molar-refractivity contribution in [1.82, 2.24) is 20.2 Å². The summed E-state index contributed by atoms with van der Waals surface area (Å²) in [5.74, 6) is 0.797. The first-order valence-electron chi connectivity index (χ1n) is 3.88. The summed E-state index contributed by atoms with van der Waals surface area (Å²) < 4.78 is 1.58. The monoisotopic (exact) mass is 200 g/mol. The van der Waals surface area contributed by atoms with Crippen LogP contribution >= 0.6 is 11.8 Å². The van der Waals surface area contributed by atoms with E-state index in [2.05, 4.69) is 22.1 Å². The SMILES string of the molecule is C=C(C)CSc1nnnn1CCO. The molecule has 0 bridgehead atoms. The Morgan fingerprint density at radius 1 is 1.69 bits per heavy atom. The maximum absolute atomic E-state index is 8.70. The standard InChI is InChI=1S/C7H12N4OS/c1-6(2)5-13-7-8-9-10-11(7)3-4-12/h12H,1,3-5H2,2H3. The van der Waals surface area contributed by atoms with Crippen molar-refractivity contribution in [3.8, 4) is 0 Å². The number of aromatic nitrogens is 4. The molecular formula is C7H12N4OS. The third kappa shape index (κ3) is 3.16. The van der Waals surface area contributed by atoms with Gasteiger partial charge in [0.15, 0.2) is 0 Å². The van der Waals surface area contributed by atoms with Gasteiger partial charge in [0, 0.05) is 5.75 Å². The Balaban J connectivity index is 2.54. The van der Waals surface area contributed by atoms with E-state index < -0.39 is 0 Å². The van der Waals surface area contributed by atoms with Gasteiger partial charge in [-0.25, -0.2) is 4.68 Å². The largest absolute Gasteiger partial charge is 0.394 e. The van der Waals surface area contributed by atoms with Crippen LogP contribution in [0.3, 0.4) is 0 Å². The van der Waals surface area contributed by atoms with E-state index >= 15 is 0 Å². The zero-order valence-electron chi connectivity index (χ0n) is 7.47.